The Morgan fingerprint density at radius 1 is 1.03 bits per heavy atom. The van der Waals surface area contributed by atoms with E-state index in [9.17, 15) is 5.11 Å². The molecule has 0 bridgehead atoms. The summed E-state index contributed by atoms with van der Waals surface area (Å²) in [7, 11) is 1.74. The van der Waals surface area contributed by atoms with Gasteiger partial charge in [-0.15, -0.1) is 11.3 Å². The van der Waals surface area contributed by atoms with Gasteiger partial charge in [-0.2, -0.15) is 0 Å². The molecule has 1 aromatic heterocycles. The van der Waals surface area contributed by atoms with E-state index >= 15 is 0 Å². The lowest BCUT2D eigenvalue weighted by molar-refractivity contribution is 0.133. The lowest BCUT2D eigenvalue weighted by Gasteiger charge is -2.14. The molecule has 5 nitrogen and oxygen atoms in total. The Bertz CT molecular complexity index is 878. The number of hydrogen-bond donors (Lipinski definition) is 3. The quantitative estimate of drug-likeness (QED) is 0.245. The second-order valence-corrected chi connectivity index (χ2v) is 8.25. The number of rotatable bonds is 11. The van der Waals surface area contributed by atoms with Crippen LogP contribution in [0.5, 0.6) is 0 Å². The van der Waals surface area contributed by atoms with Crippen LogP contribution in [0, 0.1) is 0 Å². The number of nitrogens with one attached hydrogen (secondary N) is 2. The maximum absolute atomic E-state index is 10.5. The van der Waals surface area contributed by atoms with E-state index in [2.05, 4.69) is 58.1 Å². The van der Waals surface area contributed by atoms with Gasteiger partial charge in [0.15, 0.2) is 5.96 Å². The first-order chi connectivity index (χ1) is 14.8. The lowest BCUT2D eigenvalue weighted by Crippen LogP contribution is -2.39. The number of fused-ring (bicyclic) bond motifs is 1. The van der Waals surface area contributed by atoms with E-state index in [0.29, 0.717) is 12.5 Å². The average molecular weight is 426 g/mol. The summed E-state index contributed by atoms with van der Waals surface area (Å²) in [5, 5.41) is 18.2. The Morgan fingerprint density at radius 2 is 1.83 bits per heavy atom. The van der Waals surface area contributed by atoms with Gasteiger partial charge in [0.2, 0.25) is 0 Å². The van der Waals surface area contributed by atoms with Crippen molar-refractivity contribution in [3.8, 4) is 0 Å². The predicted octanol–water partition coefficient (Wildman–Crippen LogP) is 4.14. The molecular formula is C24H31N3O2S. The van der Waals surface area contributed by atoms with E-state index < -0.39 is 6.10 Å². The van der Waals surface area contributed by atoms with Crippen molar-refractivity contribution in [2.75, 3.05) is 33.4 Å². The van der Waals surface area contributed by atoms with Gasteiger partial charge in [0, 0.05) is 36.3 Å². The fourth-order valence-corrected chi connectivity index (χ4v) is 4.20. The van der Waals surface area contributed by atoms with Crippen LogP contribution in [0.1, 0.15) is 29.4 Å². The largest absolute Gasteiger partial charge is 0.386 e. The van der Waals surface area contributed by atoms with E-state index in [0.717, 1.165) is 43.9 Å². The molecule has 3 aromatic rings. The van der Waals surface area contributed by atoms with Crippen molar-refractivity contribution in [3.63, 3.8) is 0 Å². The number of benzene rings is 2. The number of ether oxygens (including phenoxy) is 1. The number of guanidine groups is 1. The molecule has 0 amide bonds. The van der Waals surface area contributed by atoms with Gasteiger partial charge in [-0.1, -0.05) is 48.5 Å². The topological polar surface area (TPSA) is 65.9 Å². The van der Waals surface area contributed by atoms with Crippen LogP contribution in [0.15, 0.2) is 65.7 Å². The third-order valence-electron chi connectivity index (χ3n) is 4.85. The molecule has 0 saturated heterocycles. The number of nitrogens with zero attached hydrogens (tertiary/aromatic N) is 1. The molecule has 0 saturated carbocycles. The maximum Gasteiger partial charge on any atom is 0.191 e. The van der Waals surface area contributed by atoms with Crippen molar-refractivity contribution in [2.24, 2.45) is 4.99 Å². The number of aliphatic hydroxyl groups is 1. The number of aliphatic hydroxyl groups excluding tert-OH is 1. The molecule has 0 radical (unpaired) electrons. The summed E-state index contributed by atoms with van der Waals surface area (Å²) >= 11 is 1.63. The zero-order valence-electron chi connectivity index (χ0n) is 17.5. The first kappa shape index (κ1) is 22.3. The van der Waals surface area contributed by atoms with Crippen molar-refractivity contribution in [1.82, 2.24) is 10.6 Å². The van der Waals surface area contributed by atoms with Crippen LogP contribution in [-0.2, 0) is 11.2 Å². The van der Waals surface area contributed by atoms with E-state index in [4.69, 9.17) is 4.74 Å². The minimum Gasteiger partial charge on any atom is -0.386 e. The Kier molecular flexibility index (Phi) is 9.15. The summed E-state index contributed by atoms with van der Waals surface area (Å²) < 4.78 is 6.91. The average Bonchev–Trinajstić information content (AvgIpc) is 3.22. The molecule has 3 rings (SSSR count). The van der Waals surface area contributed by atoms with Crippen LogP contribution >= 0.6 is 11.3 Å². The fraction of sp³-hybridized carbons (Fsp3) is 0.375. The third kappa shape index (κ3) is 7.13. The Morgan fingerprint density at radius 3 is 2.63 bits per heavy atom. The first-order valence-corrected chi connectivity index (χ1v) is 11.3. The van der Waals surface area contributed by atoms with E-state index in [-0.39, 0.29) is 0 Å². The molecule has 2 aromatic carbocycles. The normalized spacial score (nSPS) is 12.8. The van der Waals surface area contributed by atoms with Crippen LogP contribution in [0.2, 0.25) is 0 Å². The van der Waals surface area contributed by atoms with Crippen molar-refractivity contribution < 1.29 is 9.84 Å². The second-order valence-electron chi connectivity index (χ2n) is 7.14. The summed E-state index contributed by atoms with van der Waals surface area (Å²) in [5.41, 5.74) is 1.31. The van der Waals surface area contributed by atoms with Gasteiger partial charge in [0.05, 0.1) is 6.61 Å². The number of thiophene rings is 1. The highest BCUT2D eigenvalue weighted by molar-refractivity contribution is 7.19. The first-order valence-electron chi connectivity index (χ1n) is 10.5. The van der Waals surface area contributed by atoms with Crippen molar-refractivity contribution in [3.05, 3.63) is 71.1 Å². The van der Waals surface area contributed by atoms with Gasteiger partial charge in [0.1, 0.15) is 6.10 Å². The smallest absolute Gasteiger partial charge is 0.191 e. The van der Waals surface area contributed by atoms with Crippen molar-refractivity contribution in [1.29, 1.82) is 0 Å². The Labute approximate surface area is 182 Å². The molecular weight excluding hydrogens is 394 g/mol. The maximum atomic E-state index is 10.5. The SMILES string of the molecule is CN=C(NCCCCOCCc1ccccc1)NCC(O)c1cc2ccccc2s1. The summed E-state index contributed by atoms with van der Waals surface area (Å²) in [6.45, 7) is 2.78. The van der Waals surface area contributed by atoms with Crippen LogP contribution in [0.4, 0.5) is 0 Å². The van der Waals surface area contributed by atoms with E-state index in [1.807, 2.05) is 18.2 Å². The van der Waals surface area contributed by atoms with Crippen LogP contribution in [0.3, 0.4) is 0 Å². The standard InChI is InChI=1S/C24H31N3O2S/c1-25-24(26-14-7-8-15-29-16-13-19-9-3-2-4-10-19)27-18-21(28)23-17-20-11-5-6-12-22(20)30-23/h2-6,9-12,17,21,28H,7-8,13-16,18H2,1H3,(H2,25,26,27). The minimum atomic E-state index is -0.557. The molecule has 6 heteroatoms. The molecule has 1 heterocycles. The number of aliphatic imine (C=N–C) groups is 1. The van der Waals surface area contributed by atoms with Crippen LogP contribution < -0.4 is 10.6 Å². The van der Waals surface area contributed by atoms with Crippen LogP contribution in [0.25, 0.3) is 10.1 Å². The highest BCUT2D eigenvalue weighted by atomic mass is 32.1. The predicted molar refractivity (Wildman–Crippen MR) is 126 cm³/mol. The second kappa shape index (κ2) is 12.3. The van der Waals surface area contributed by atoms with Gasteiger partial charge in [-0.05, 0) is 42.3 Å². The third-order valence-corrected chi connectivity index (χ3v) is 6.06. The lowest BCUT2D eigenvalue weighted by atomic mass is 10.2. The molecule has 160 valence electrons. The molecule has 0 spiro atoms. The van der Waals surface area contributed by atoms with Crippen molar-refractivity contribution >= 4 is 27.4 Å². The van der Waals surface area contributed by atoms with Gasteiger partial charge in [0.25, 0.3) is 0 Å². The highest BCUT2D eigenvalue weighted by Gasteiger charge is 2.12. The van der Waals surface area contributed by atoms with Crippen LogP contribution in [-0.4, -0.2) is 44.4 Å². The fourth-order valence-electron chi connectivity index (χ4n) is 3.15. The molecule has 30 heavy (non-hydrogen) atoms. The molecule has 0 aliphatic carbocycles. The number of hydrogen-bond acceptors (Lipinski definition) is 4. The monoisotopic (exact) mass is 425 g/mol. The molecule has 3 N–H and O–H groups in total. The van der Waals surface area contributed by atoms with E-state index in [1.54, 1.807) is 18.4 Å². The zero-order chi connectivity index (χ0) is 21.0. The van der Waals surface area contributed by atoms with Gasteiger partial charge in [-0.3, -0.25) is 4.99 Å². The summed E-state index contributed by atoms with van der Waals surface area (Å²) in [4.78, 5) is 5.20. The molecule has 0 aliphatic heterocycles. The summed E-state index contributed by atoms with van der Waals surface area (Å²) in [6, 6.07) is 20.7. The van der Waals surface area contributed by atoms with Gasteiger partial charge >= 0.3 is 0 Å². The zero-order valence-corrected chi connectivity index (χ0v) is 18.3. The molecule has 0 aliphatic rings. The Hall–Kier alpha value is -2.41. The van der Waals surface area contributed by atoms with E-state index in [1.165, 1.54) is 15.6 Å². The highest BCUT2D eigenvalue weighted by Crippen LogP contribution is 2.29. The van der Waals surface area contributed by atoms with Crippen molar-refractivity contribution in [2.45, 2.75) is 25.4 Å². The molecule has 1 atom stereocenters. The molecule has 0 fully saturated rings. The van der Waals surface area contributed by atoms with Gasteiger partial charge in [-0.25, -0.2) is 0 Å². The minimum absolute atomic E-state index is 0.426. The Balaban J connectivity index is 1.26. The summed E-state index contributed by atoms with van der Waals surface area (Å²) in [6.07, 6.45) is 2.41. The number of unbranched alkanes of at least 4 members (excludes halogenated alkanes) is 1. The van der Waals surface area contributed by atoms with Gasteiger partial charge < -0.3 is 20.5 Å². The molecule has 1 unspecified atom stereocenters. The summed E-state index contributed by atoms with van der Waals surface area (Å²) in [5.74, 6) is 0.708.